The predicted octanol–water partition coefficient (Wildman–Crippen LogP) is 2.16. The Kier molecular flexibility index (Phi) is 23.3. The van der Waals surface area contributed by atoms with Gasteiger partial charge in [-0.2, -0.15) is 0 Å². The predicted molar refractivity (Wildman–Crippen MR) is 100 cm³/mol. The summed E-state index contributed by atoms with van der Waals surface area (Å²) in [6.07, 6.45) is 17.5. The molecule has 1 unspecified atom stereocenters. The normalized spacial score (nSPS) is 12.8. The van der Waals surface area contributed by atoms with Gasteiger partial charge in [0, 0.05) is 5.75 Å². The smallest absolute Gasteiger partial charge is 0.748 e. The van der Waals surface area contributed by atoms with Crippen LogP contribution in [0.2, 0.25) is 0 Å². The molecule has 0 bridgehead atoms. The van der Waals surface area contributed by atoms with Crippen molar-refractivity contribution in [3.63, 3.8) is 0 Å². The van der Waals surface area contributed by atoms with Crippen LogP contribution >= 0.6 is 0 Å². The molecule has 6 heteroatoms. The molecule has 0 aromatic rings. The minimum absolute atomic E-state index is 0. The summed E-state index contributed by atoms with van der Waals surface area (Å²) in [6.45, 7) is 2.22. The second-order valence-electron chi connectivity index (χ2n) is 7.09. The molecule has 0 spiro atoms. The number of aliphatic hydroxyl groups excluding tert-OH is 1. The first-order chi connectivity index (χ1) is 11.5. The third-order valence-electron chi connectivity index (χ3n) is 4.57. The third-order valence-corrected chi connectivity index (χ3v) is 5.36. The fourth-order valence-electron chi connectivity index (χ4n) is 3.02. The number of unbranched alkanes of at least 4 members (excludes halogenated alkanes) is 12. The second kappa shape index (κ2) is 20.2. The minimum atomic E-state index is -4.02. The van der Waals surface area contributed by atoms with E-state index in [1.807, 2.05) is 0 Å². The van der Waals surface area contributed by atoms with Crippen LogP contribution in [0.15, 0.2) is 0 Å². The van der Waals surface area contributed by atoms with Gasteiger partial charge in [0.2, 0.25) is 0 Å². The van der Waals surface area contributed by atoms with E-state index in [4.69, 9.17) is 0 Å². The Morgan fingerprint density at radius 1 is 0.720 bits per heavy atom. The molecular weight excluding hydrogens is 363 g/mol. The van der Waals surface area contributed by atoms with Crippen molar-refractivity contribution >= 4 is 10.1 Å². The topological polar surface area (TPSA) is 77.4 Å². The van der Waals surface area contributed by atoms with Gasteiger partial charge in [-0.05, 0) is 19.3 Å². The van der Waals surface area contributed by atoms with Gasteiger partial charge in [0.15, 0.2) is 0 Å². The zero-order valence-electron chi connectivity index (χ0n) is 16.7. The molecule has 0 aliphatic carbocycles. The molecule has 0 fully saturated rings. The standard InChI is InChI=1S/C19H40O4S.K/c1-2-3-4-10-13-16-19(20)17-14-11-8-6-5-7-9-12-15-18-24(21,22)23;/h19-20H,2-18H2,1H3,(H,21,22,23);/q;+1/p-1. The van der Waals surface area contributed by atoms with Gasteiger partial charge < -0.3 is 9.66 Å². The van der Waals surface area contributed by atoms with Gasteiger partial charge in [-0.15, -0.1) is 0 Å². The van der Waals surface area contributed by atoms with Crippen LogP contribution in [-0.4, -0.2) is 29.9 Å². The van der Waals surface area contributed by atoms with Crippen LogP contribution in [0.3, 0.4) is 0 Å². The van der Waals surface area contributed by atoms with Crippen molar-refractivity contribution in [2.45, 2.75) is 116 Å². The van der Waals surface area contributed by atoms with Crippen molar-refractivity contribution in [1.29, 1.82) is 0 Å². The maximum absolute atomic E-state index is 10.4. The molecule has 0 aliphatic heterocycles. The number of hydrogen-bond donors (Lipinski definition) is 1. The zero-order chi connectivity index (χ0) is 18.1. The first-order valence-electron chi connectivity index (χ1n) is 10.1. The molecule has 25 heavy (non-hydrogen) atoms. The molecule has 0 heterocycles. The summed E-state index contributed by atoms with van der Waals surface area (Å²) in [5.74, 6) is -0.214. The fraction of sp³-hybridized carbons (Fsp3) is 1.00. The first kappa shape index (κ1) is 28.7. The molecule has 0 aromatic heterocycles. The summed E-state index contributed by atoms with van der Waals surface area (Å²) in [5, 5.41) is 9.92. The molecule has 0 saturated heterocycles. The van der Waals surface area contributed by atoms with E-state index >= 15 is 0 Å². The summed E-state index contributed by atoms with van der Waals surface area (Å²) < 4.78 is 31.3. The zero-order valence-corrected chi connectivity index (χ0v) is 20.6. The molecule has 146 valence electrons. The van der Waals surface area contributed by atoms with Crippen LogP contribution in [0.25, 0.3) is 0 Å². The fourth-order valence-corrected chi connectivity index (χ4v) is 3.58. The molecule has 0 aliphatic rings. The van der Waals surface area contributed by atoms with Gasteiger partial charge in [0.25, 0.3) is 0 Å². The van der Waals surface area contributed by atoms with Crippen LogP contribution in [0.4, 0.5) is 0 Å². The molecule has 0 radical (unpaired) electrons. The van der Waals surface area contributed by atoms with E-state index < -0.39 is 10.1 Å². The van der Waals surface area contributed by atoms with Crippen LogP contribution in [0.5, 0.6) is 0 Å². The van der Waals surface area contributed by atoms with E-state index in [0.717, 1.165) is 44.9 Å². The number of aliphatic hydroxyl groups is 1. The number of rotatable bonds is 18. The van der Waals surface area contributed by atoms with E-state index in [1.54, 1.807) is 0 Å². The third kappa shape index (κ3) is 25.5. The van der Waals surface area contributed by atoms with Gasteiger partial charge in [-0.25, -0.2) is 8.42 Å². The SMILES string of the molecule is CCCCCCCC(O)CCCCCCCCCCCS(=O)(=O)[O-].[K+]. The Hall–Kier alpha value is 1.51. The molecular formula is C19H39KO4S. The molecule has 0 amide bonds. The van der Waals surface area contributed by atoms with Crippen molar-refractivity contribution in [3.05, 3.63) is 0 Å². The molecule has 0 rings (SSSR count). The summed E-state index contributed by atoms with van der Waals surface area (Å²) in [4.78, 5) is 0. The maximum atomic E-state index is 10.4. The monoisotopic (exact) mass is 402 g/mol. The summed E-state index contributed by atoms with van der Waals surface area (Å²) >= 11 is 0. The van der Waals surface area contributed by atoms with E-state index in [1.165, 1.54) is 51.4 Å². The van der Waals surface area contributed by atoms with Gasteiger partial charge in [-0.3, -0.25) is 0 Å². The van der Waals surface area contributed by atoms with E-state index in [0.29, 0.717) is 6.42 Å². The van der Waals surface area contributed by atoms with Crippen molar-refractivity contribution in [1.82, 2.24) is 0 Å². The van der Waals surface area contributed by atoms with Crippen molar-refractivity contribution in [2.75, 3.05) is 5.75 Å². The molecule has 4 nitrogen and oxygen atoms in total. The van der Waals surface area contributed by atoms with Crippen LogP contribution in [0, 0.1) is 0 Å². The van der Waals surface area contributed by atoms with Crippen molar-refractivity contribution in [2.24, 2.45) is 0 Å². The molecule has 0 saturated carbocycles. The Balaban J connectivity index is 0. The van der Waals surface area contributed by atoms with Crippen LogP contribution in [-0.2, 0) is 10.1 Å². The van der Waals surface area contributed by atoms with Crippen LogP contribution in [0.1, 0.15) is 110 Å². The van der Waals surface area contributed by atoms with E-state index in [2.05, 4.69) is 6.92 Å². The largest absolute Gasteiger partial charge is 1.00 e. The minimum Gasteiger partial charge on any atom is -0.748 e. The van der Waals surface area contributed by atoms with Gasteiger partial charge in [-0.1, -0.05) is 90.4 Å². The number of hydrogen-bond acceptors (Lipinski definition) is 4. The first-order valence-corrected chi connectivity index (χ1v) is 11.6. The average molecular weight is 403 g/mol. The molecule has 0 aromatic carbocycles. The molecule has 1 N–H and O–H groups in total. The van der Waals surface area contributed by atoms with Crippen molar-refractivity contribution < 1.29 is 69.5 Å². The van der Waals surface area contributed by atoms with Crippen LogP contribution < -0.4 is 51.4 Å². The summed E-state index contributed by atoms with van der Waals surface area (Å²) in [6, 6.07) is 0. The average Bonchev–Trinajstić information content (AvgIpc) is 2.51. The van der Waals surface area contributed by atoms with E-state index in [9.17, 15) is 18.1 Å². The Bertz CT molecular complexity index is 360. The summed E-state index contributed by atoms with van der Waals surface area (Å²) in [7, 11) is -4.02. The van der Waals surface area contributed by atoms with Gasteiger partial charge in [0.05, 0.1) is 16.2 Å². The Morgan fingerprint density at radius 2 is 1.08 bits per heavy atom. The summed E-state index contributed by atoms with van der Waals surface area (Å²) in [5.41, 5.74) is 0. The second-order valence-corrected chi connectivity index (χ2v) is 8.61. The maximum Gasteiger partial charge on any atom is 1.00 e. The van der Waals surface area contributed by atoms with Crippen molar-refractivity contribution in [3.8, 4) is 0 Å². The Labute approximate surface area is 199 Å². The van der Waals surface area contributed by atoms with Gasteiger partial charge in [0.1, 0.15) is 0 Å². The Morgan fingerprint density at radius 3 is 1.48 bits per heavy atom. The quantitative estimate of drug-likeness (QED) is 0.216. The molecule has 1 atom stereocenters. The van der Waals surface area contributed by atoms with E-state index in [-0.39, 0.29) is 63.2 Å². The van der Waals surface area contributed by atoms with Gasteiger partial charge >= 0.3 is 51.4 Å².